The van der Waals surface area contributed by atoms with E-state index in [2.05, 4.69) is 27.8 Å². The van der Waals surface area contributed by atoms with Gasteiger partial charge in [0.1, 0.15) is 5.82 Å². The summed E-state index contributed by atoms with van der Waals surface area (Å²) in [5.74, 6) is 1.15. The minimum absolute atomic E-state index is 0.679. The number of aromatic nitrogens is 2. The summed E-state index contributed by atoms with van der Waals surface area (Å²) in [5, 5.41) is 0. The Labute approximate surface area is 88.9 Å². The highest BCUT2D eigenvalue weighted by molar-refractivity contribution is 5.80. The molecule has 0 bridgehead atoms. The van der Waals surface area contributed by atoms with Gasteiger partial charge in [0, 0.05) is 13.0 Å². The number of imidazole rings is 1. The van der Waals surface area contributed by atoms with Crippen molar-refractivity contribution in [3.05, 3.63) is 29.6 Å². The van der Waals surface area contributed by atoms with Gasteiger partial charge in [-0.3, -0.25) is 0 Å². The highest BCUT2D eigenvalue weighted by Gasteiger charge is 2.16. The summed E-state index contributed by atoms with van der Waals surface area (Å²) < 4.78 is 2.35. The van der Waals surface area contributed by atoms with Crippen molar-refractivity contribution in [2.24, 2.45) is 5.73 Å². The smallest absolute Gasteiger partial charge is 0.111 e. The quantitative estimate of drug-likeness (QED) is 0.800. The number of nitrogens with two attached hydrogens (primary N) is 1. The second kappa shape index (κ2) is 3.35. The van der Waals surface area contributed by atoms with E-state index in [9.17, 15) is 0 Å². The van der Waals surface area contributed by atoms with E-state index in [-0.39, 0.29) is 0 Å². The molecule has 1 aromatic heterocycles. The van der Waals surface area contributed by atoms with Crippen LogP contribution in [0, 0.1) is 0 Å². The predicted octanol–water partition coefficient (Wildman–Crippen LogP) is 1.48. The fourth-order valence-electron chi connectivity index (χ4n) is 2.50. The zero-order valence-electron chi connectivity index (χ0n) is 8.74. The van der Waals surface area contributed by atoms with Gasteiger partial charge in [-0.1, -0.05) is 12.1 Å². The minimum atomic E-state index is 0.679. The van der Waals surface area contributed by atoms with Crippen LogP contribution in [-0.2, 0) is 19.4 Å². The van der Waals surface area contributed by atoms with Crippen LogP contribution in [0.1, 0.15) is 17.8 Å². The van der Waals surface area contributed by atoms with Gasteiger partial charge in [-0.25, -0.2) is 4.98 Å². The third-order valence-corrected chi connectivity index (χ3v) is 3.13. The van der Waals surface area contributed by atoms with Gasteiger partial charge >= 0.3 is 0 Å². The molecule has 1 aliphatic heterocycles. The van der Waals surface area contributed by atoms with Crippen LogP contribution in [0.4, 0.5) is 0 Å². The molecule has 2 N–H and O–H groups in total. The summed E-state index contributed by atoms with van der Waals surface area (Å²) in [6, 6.07) is 6.42. The van der Waals surface area contributed by atoms with Gasteiger partial charge in [-0.2, -0.15) is 0 Å². The Kier molecular flexibility index (Phi) is 1.99. The van der Waals surface area contributed by atoms with Crippen molar-refractivity contribution in [1.82, 2.24) is 9.55 Å². The summed E-state index contributed by atoms with van der Waals surface area (Å²) in [4.78, 5) is 4.66. The van der Waals surface area contributed by atoms with Crippen molar-refractivity contribution in [1.29, 1.82) is 0 Å². The highest BCUT2D eigenvalue weighted by atomic mass is 15.1. The van der Waals surface area contributed by atoms with E-state index in [0.717, 1.165) is 24.3 Å². The number of hydrogen-bond acceptors (Lipinski definition) is 2. The molecule has 1 aromatic carbocycles. The zero-order valence-corrected chi connectivity index (χ0v) is 8.74. The van der Waals surface area contributed by atoms with Crippen molar-refractivity contribution in [3.8, 4) is 0 Å². The van der Waals surface area contributed by atoms with Crippen LogP contribution < -0.4 is 5.73 Å². The van der Waals surface area contributed by atoms with E-state index < -0.39 is 0 Å². The van der Waals surface area contributed by atoms with Gasteiger partial charge in [-0.15, -0.1) is 0 Å². The van der Waals surface area contributed by atoms with Gasteiger partial charge < -0.3 is 10.3 Å². The molecule has 3 rings (SSSR count). The molecule has 0 unspecified atom stereocenters. The van der Waals surface area contributed by atoms with Crippen molar-refractivity contribution in [3.63, 3.8) is 0 Å². The molecule has 15 heavy (non-hydrogen) atoms. The summed E-state index contributed by atoms with van der Waals surface area (Å²) in [7, 11) is 0. The average molecular weight is 201 g/mol. The van der Waals surface area contributed by atoms with Crippen molar-refractivity contribution < 1.29 is 0 Å². The average Bonchev–Trinajstić information content (AvgIpc) is 2.61. The number of hydrogen-bond donors (Lipinski definition) is 1. The van der Waals surface area contributed by atoms with E-state index in [1.165, 1.54) is 23.9 Å². The van der Waals surface area contributed by atoms with Gasteiger partial charge in [0.25, 0.3) is 0 Å². The highest BCUT2D eigenvalue weighted by Crippen LogP contribution is 2.26. The lowest BCUT2D eigenvalue weighted by atomic mass is 10.0. The van der Waals surface area contributed by atoms with Gasteiger partial charge in [-0.05, 0) is 31.0 Å². The fourth-order valence-corrected chi connectivity index (χ4v) is 2.50. The molecule has 0 fully saturated rings. The molecule has 0 atom stereocenters. The Morgan fingerprint density at radius 3 is 3.20 bits per heavy atom. The van der Waals surface area contributed by atoms with Crippen molar-refractivity contribution in [2.45, 2.75) is 25.8 Å². The molecule has 0 spiro atoms. The molecule has 78 valence electrons. The second-order valence-electron chi connectivity index (χ2n) is 4.11. The number of aryl methyl sites for hydroxylation is 2. The molecule has 0 radical (unpaired) electrons. The van der Waals surface area contributed by atoms with Crippen LogP contribution >= 0.6 is 0 Å². The molecule has 0 amide bonds. The van der Waals surface area contributed by atoms with Crippen molar-refractivity contribution >= 4 is 11.0 Å². The topological polar surface area (TPSA) is 43.8 Å². The van der Waals surface area contributed by atoms with Crippen LogP contribution in [0.25, 0.3) is 11.0 Å². The van der Waals surface area contributed by atoms with E-state index in [1.807, 2.05) is 0 Å². The molecule has 0 saturated carbocycles. The lowest BCUT2D eigenvalue weighted by molar-refractivity contribution is 0.602. The summed E-state index contributed by atoms with van der Waals surface area (Å²) in [6.07, 6.45) is 3.29. The Morgan fingerprint density at radius 2 is 2.33 bits per heavy atom. The second-order valence-corrected chi connectivity index (χ2v) is 4.11. The van der Waals surface area contributed by atoms with E-state index in [1.54, 1.807) is 0 Å². The monoisotopic (exact) mass is 201 g/mol. The third-order valence-electron chi connectivity index (χ3n) is 3.13. The molecule has 0 saturated heterocycles. The zero-order chi connectivity index (χ0) is 10.3. The number of rotatable bonds is 2. The molecule has 3 heteroatoms. The maximum Gasteiger partial charge on any atom is 0.111 e. The summed E-state index contributed by atoms with van der Waals surface area (Å²) >= 11 is 0. The van der Waals surface area contributed by atoms with Crippen LogP contribution in [0.5, 0.6) is 0 Å². The Bertz CT molecular complexity index is 499. The first kappa shape index (κ1) is 8.92. The standard InChI is InChI=1S/C12H15N3/c13-7-6-11-14-10-5-1-3-9-4-2-8-15(11)12(9)10/h1,3,5H,2,4,6-8,13H2. The lowest BCUT2D eigenvalue weighted by Gasteiger charge is -2.16. The van der Waals surface area contributed by atoms with Crippen molar-refractivity contribution in [2.75, 3.05) is 6.54 Å². The maximum absolute atomic E-state index is 5.61. The van der Waals surface area contributed by atoms with Crippen LogP contribution in [-0.4, -0.2) is 16.1 Å². The summed E-state index contributed by atoms with van der Waals surface area (Å²) in [5.41, 5.74) is 9.52. The molecule has 2 aromatic rings. The fraction of sp³-hybridized carbons (Fsp3) is 0.417. The first-order valence-corrected chi connectivity index (χ1v) is 5.57. The van der Waals surface area contributed by atoms with E-state index in [4.69, 9.17) is 5.73 Å². The number of benzene rings is 1. The molecule has 2 heterocycles. The van der Waals surface area contributed by atoms with E-state index in [0.29, 0.717) is 6.54 Å². The van der Waals surface area contributed by atoms with E-state index >= 15 is 0 Å². The Morgan fingerprint density at radius 1 is 1.40 bits per heavy atom. The minimum Gasteiger partial charge on any atom is -0.330 e. The number of para-hydroxylation sites is 1. The molecule has 3 nitrogen and oxygen atoms in total. The third kappa shape index (κ3) is 1.27. The Balaban J connectivity index is 2.28. The Hall–Kier alpha value is -1.35. The first-order valence-electron chi connectivity index (χ1n) is 5.57. The summed E-state index contributed by atoms with van der Waals surface area (Å²) in [6.45, 7) is 1.78. The molecular weight excluding hydrogens is 186 g/mol. The van der Waals surface area contributed by atoms with Gasteiger partial charge in [0.15, 0.2) is 0 Å². The lowest BCUT2D eigenvalue weighted by Crippen LogP contribution is -2.13. The number of nitrogens with zero attached hydrogens (tertiary/aromatic N) is 2. The molecule has 1 aliphatic rings. The van der Waals surface area contributed by atoms with Crippen LogP contribution in [0.2, 0.25) is 0 Å². The normalized spacial score (nSPS) is 14.7. The maximum atomic E-state index is 5.61. The molecular formula is C12H15N3. The molecule has 0 aliphatic carbocycles. The van der Waals surface area contributed by atoms with Crippen LogP contribution in [0.3, 0.4) is 0 Å². The first-order chi connectivity index (χ1) is 7.40. The van der Waals surface area contributed by atoms with Gasteiger partial charge in [0.2, 0.25) is 0 Å². The largest absolute Gasteiger partial charge is 0.330 e. The SMILES string of the molecule is NCCc1nc2cccc3c2n1CCC3. The predicted molar refractivity (Wildman–Crippen MR) is 60.8 cm³/mol. The van der Waals surface area contributed by atoms with Gasteiger partial charge in [0.05, 0.1) is 11.0 Å². The van der Waals surface area contributed by atoms with Crippen LogP contribution in [0.15, 0.2) is 18.2 Å².